The monoisotopic (exact) mass is 515 g/mol. The van der Waals surface area contributed by atoms with E-state index in [-0.39, 0.29) is 6.09 Å². The van der Waals surface area contributed by atoms with Crippen LogP contribution >= 0.6 is 11.6 Å². The SMILES string of the molecule is CCC(=CN)c1nc(Cl)cc(NCc2ccc(N(C)CC3CCN(C(=O)OC(C)(C)C)CC3)nc2)n1. The van der Waals surface area contributed by atoms with Crippen molar-refractivity contribution in [2.24, 2.45) is 11.7 Å². The van der Waals surface area contributed by atoms with Crippen LogP contribution in [0.3, 0.4) is 0 Å². The smallest absolute Gasteiger partial charge is 0.410 e. The molecule has 1 amide bonds. The number of piperidine rings is 1. The molecule has 10 heteroatoms. The molecule has 36 heavy (non-hydrogen) atoms. The van der Waals surface area contributed by atoms with E-state index in [4.69, 9.17) is 22.1 Å². The van der Waals surface area contributed by atoms with Crippen LogP contribution in [0.2, 0.25) is 5.15 Å². The summed E-state index contributed by atoms with van der Waals surface area (Å²) < 4.78 is 5.49. The van der Waals surface area contributed by atoms with E-state index in [1.165, 1.54) is 6.20 Å². The summed E-state index contributed by atoms with van der Waals surface area (Å²) in [6.45, 7) is 10.6. The van der Waals surface area contributed by atoms with E-state index in [1.807, 2.05) is 44.9 Å². The third-order valence-electron chi connectivity index (χ3n) is 6.04. The predicted molar refractivity (Wildman–Crippen MR) is 145 cm³/mol. The van der Waals surface area contributed by atoms with Gasteiger partial charge < -0.3 is 25.6 Å². The lowest BCUT2D eigenvalue weighted by molar-refractivity contribution is 0.0186. The van der Waals surface area contributed by atoms with Crippen molar-refractivity contribution in [3.8, 4) is 0 Å². The highest BCUT2D eigenvalue weighted by molar-refractivity contribution is 6.29. The van der Waals surface area contributed by atoms with Gasteiger partial charge in [0.25, 0.3) is 0 Å². The number of amides is 1. The number of allylic oxidation sites excluding steroid dienone is 1. The number of pyridine rings is 1. The first-order chi connectivity index (χ1) is 17.1. The van der Waals surface area contributed by atoms with Crippen LogP contribution in [-0.2, 0) is 11.3 Å². The first-order valence-corrected chi connectivity index (χ1v) is 12.8. The van der Waals surface area contributed by atoms with Crippen LogP contribution in [0.4, 0.5) is 16.4 Å². The molecule has 1 fully saturated rings. The Morgan fingerprint density at radius 3 is 2.61 bits per heavy atom. The van der Waals surface area contributed by atoms with Gasteiger partial charge >= 0.3 is 6.09 Å². The van der Waals surface area contributed by atoms with Crippen LogP contribution in [0.25, 0.3) is 5.57 Å². The normalized spacial score (nSPS) is 15.1. The van der Waals surface area contributed by atoms with Gasteiger partial charge in [-0.3, -0.25) is 0 Å². The van der Waals surface area contributed by atoms with Crippen molar-refractivity contribution in [2.45, 2.75) is 59.1 Å². The van der Waals surface area contributed by atoms with Crippen molar-refractivity contribution in [3.05, 3.63) is 47.1 Å². The quantitative estimate of drug-likeness (QED) is 0.476. The lowest BCUT2D eigenvalue weighted by Gasteiger charge is -2.35. The lowest BCUT2D eigenvalue weighted by Crippen LogP contribution is -2.43. The molecule has 3 rings (SSSR count). The van der Waals surface area contributed by atoms with Crippen molar-refractivity contribution in [3.63, 3.8) is 0 Å². The molecule has 196 valence electrons. The summed E-state index contributed by atoms with van der Waals surface area (Å²) in [6, 6.07) is 5.77. The molecule has 1 aliphatic rings. The lowest BCUT2D eigenvalue weighted by atomic mass is 9.96. The molecule has 2 aromatic heterocycles. The number of carbonyl (C=O) groups excluding carboxylic acids is 1. The average molecular weight is 516 g/mol. The molecule has 0 aromatic carbocycles. The molecule has 9 nitrogen and oxygen atoms in total. The molecule has 0 spiro atoms. The van der Waals surface area contributed by atoms with Crippen LogP contribution in [0.15, 0.2) is 30.6 Å². The number of aromatic nitrogens is 3. The molecule has 2 aromatic rings. The number of likely N-dealkylation sites (tertiary alicyclic amines) is 1. The zero-order chi connectivity index (χ0) is 26.3. The Hall–Kier alpha value is -3.07. The molecule has 0 unspecified atom stereocenters. The van der Waals surface area contributed by atoms with Crippen molar-refractivity contribution in [1.82, 2.24) is 19.9 Å². The zero-order valence-electron chi connectivity index (χ0n) is 21.9. The molecule has 0 aliphatic carbocycles. The van der Waals surface area contributed by atoms with Crippen molar-refractivity contribution < 1.29 is 9.53 Å². The number of halogens is 1. The van der Waals surface area contributed by atoms with Gasteiger partial charge in [-0.05, 0) is 57.6 Å². The molecule has 3 N–H and O–H groups in total. The van der Waals surface area contributed by atoms with Crippen LogP contribution in [0.5, 0.6) is 0 Å². The van der Waals surface area contributed by atoms with Crippen molar-refractivity contribution >= 4 is 34.9 Å². The van der Waals surface area contributed by atoms with Gasteiger partial charge in [0.2, 0.25) is 0 Å². The Kier molecular flexibility index (Phi) is 9.37. The van der Waals surface area contributed by atoms with Crippen LogP contribution < -0.4 is 16.0 Å². The second kappa shape index (κ2) is 12.3. The van der Waals surface area contributed by atoms with Gasteiger partial charge in [-0.1, -0.05) is 24.6 Å². The number of hydrogen-bond acceptors (Lipinski definition) is 8. The maximum absolute atomic E-state index is 12.3. The fourth-order valence-electron chi connectivity index (χ4n) is 4.05. The molecular weight excluding hydrogens is 478 g/mol. The van der Waals surface area contributed by atoms with Gasteiger partial charge in [0.1, 0.15) is 22.4 Å². The Morgan fingerprint density at radius 2 is 2.03 bits per heavy atom. The summed E-state index contributed by atoms with van der Waals surface area (Å²) >= 11 is 6.17. The van der Waals surface area contributed by atoms with E-state index in [0.717, 1.165) is 55.9 Å². The zero-order valence-corrected chi connectivity index (χ0v) is 22.7. The third kappa shape index (κ3) is 7.98. The summed E-state index contributed by atoms with van der Waals surface area (Å²) in [6.07, 6.45) is 5.78. The Bertz CT molecular complexity index is 1050. The molecule has 0 atom stereocenters. The highest BCUT2D eigenvalue weighted by atomic mass is 35.5. The van der Waals surface area contributed by atoms with E-state index in [2.05, 4.69) is 38.3 Å². The maximum atomic E-state index is 12.3. The summed E-state index contributed by atoms with van der Waals surface area (Å²) in [5.74, 6) is 2.59. The minimum absolute atomic E-state index is 0.220. The van der Waals surface area contributed by atoms with Gasteiger partial charge in [0, 0.05) is 57.3 Å². The fourth-order valence-corrected chi connectivity index (χ4v) is 4.23. The first kappa shape index (κ1) is 27.5. The molecule has 1 saturated heterocycles. The molecule has 1 aliphatic heterocycles. The van der Waals surface area contributed by atoms with Gasteiger partial charge in [0.15, 0.2) is 5.82 Å². The van der Waals surface area contributed by atoms with E-state index in [0.29, 0.717) is 29.3 Å². The van der Waals surface area contributed by atoms with Gasteiger partial charge in [-0.15, -0.1) is 0 Å². The summed E-state index contributed by atoms with van der Waals surface area (Å²) in [4.78, 5) is 29.7. The number of rotatable bonds is 8. The highest BCUT2D eigenvalue weighted by Crippen LogP contribution is 2.23. The number of anilines is 2. The van der Waals surface area contributed by atoms with Crippen molar-refractivity contribution in [1.29, 1.82) is 0 Å². The Balaban J connectivity index is 1.50. The van der Waals surface area contributed by atoms with E-state index >= 15 is 0 Å². The minimum Gasteiger partial charge on any atom is -0.444 e. The van der Waals surface area contributed by atoms with Crippen molar-refractivity contribution in [2.75, 3.05) is 36.9 Å². The number of nitrogens with one attached hydrogen (secondary N) is 1. The molecule has 0 saturated carbocycles. The van der Waals surface area contributed by atoms with E-state index in [1.54, 1.807) is 6.07 Å². The average Bonchev–Trinajstić information content (AvgIpc) is 2.83. The number of ether oxygens (including phenoxy) is 1. The number of hydrogen-bond donors (Lipinski definition) is 2. The number of nitrogens with zero attached hydrogens (tertiary/aromatic N) is 5. The molecular formula is C26H38ClN7O2. The second-order valence-electron chi connectivity index (χ2n) is 10.1. The molecule has 0 radical (unpaired) electrons. The van der Waals surface area contributed by atoms with Gasteiger partial charge in [-0.25, -0.2) is 19.7 Å². The Morgan fingerprint density at radius 1 is 1.31 bits per heavy atom. The topological polar surface area (TPSA) is 110 Å². The summed E-state index contributed by atoms with van der Waals surface area (Å²) in [5.41, 5.74) is 7.08. The van der Waals surface area contributed by atoms with E-state index < -0.39 is 5.60 Å². The standard InChI is InChI=1S/C26H38ClN7O2/c1-6-20(14-28)24-31-21(27)13-22(32-24)29-15-19-7-8-23(30-16-19)33(5)17-18-9-11-34(12-10-18)25(35)36-26(2,3)4/h7-8,13-14,16,18H,6,9-12,15,17,28H2,1-5H3,(H,29,31,32). The second-order valence-corrected chi connectivity index (χ2v) is 10.5. The number of carbonyl (C=O) groups is 1. The first-order valence-electron chi connectivity index (χ1n) is 12.4. The van der Waals surface area contributed by atoms with Gasteiger partial charge in [0.05, 0.1) is 0 Å². The predicted octanol–water partition coefficient (Wildman–Crippen LogP) is 4.93. The van der Waals surface area contributed by atoms with Gasteiger partial charge in [-0.2, -0.15) is 0 Å². The van der Waals surface area contributed by atoms with Crippen LogP contribution in [0.1, 0.15) is 58.3 Å². The Labute approximate surface area is 219 Å². The maximum Gasteiger partial charge on any atom is 0.410 e. The van der Waals surface area contributed by atoms with Crippen LogP contribution in [0, 0.1) is 5.92 Å². The largest absolute Gasteiger partial charge is 0.444 e. The summed E-state index contributed by atoms with van der Waals surface area (Å²) in [7, 11) is 2.06. The molecule has 3 heterocycles. The summed E-state index contributed by atoms with van der Waals surface area (Å²) in [5, 5.41) is 3.65. The number of nitrogens with two attached hydrogens (primary N) is 1. The molecule has 0 bridgehead atoms. The van der Waals surface area contributed by atoms with E-state index in [9.17, 15) is 4.79 Å². The minimum atomic E-state index is -0.466. The van der Waals surface area contributed by atoms with Crippen LogP contribution in [-0.4, -0.2) is 58.2 Å². The highest BCUT2D eigenvalue weighted by Gasteiger charge is 2.27. The fraction of sp³-hybridized carbons (Fsp3) is 0.538. The third-order valence-corrected chi connectivity index (χ3v) is 6.23.